The van der Waals surface area contributed by atoms with Crippen LogP contribution >= 0.6 is 27.7 Å². The van der Waals surface area contributed by atoms with Gasteiger partial charge in [-0.2, -0.15) is 0 Å². The van der Waals surface area contributed by atoms with E-state index >= 15 is 0 Å². The highest BCUT2D eigenvalue weighted by molar-refractivity contribution is 9.10. The second-order valence-electron chi connectivity index (χ2n) is 8.11. The van der Waals surface area contributed by atoms with Crippen LogP contribution in [0.2, 0.25) is 0 Å². The van der Waals surface area contributed by atoms with Crippen molar-refractivity contribution >= 4 is 43.5 Å². The maximum Gasteiger partial charge on any atom is 0.231 e. The van der Waals surface area contributed by atoms with Crippen molar-refractivity contribution in [1.29, 1.82) is 0 Å². The summed E-state index contributed by atoms with van der Waals surface area (Å²) in [4.78, 5) is 14.3. The number of sulfonamides is 1. The second-order valence-corrected chi connectivity index (χ2v) is 12.0. The lowest BCUT2D eigenvalue weighted by atomic mass is 9.94. The summed E-state index contributed by atoms with van der Waals surface area (Å²) in [5.41, 5.74) is 6.77. The number of nitrogens with zero attached hydrogens (tertiary/aromatic N) is 5. The third kappa shape index (κ3) is 4.63. The van der Waals surface area contributed by atoms with Crippen molar-refractivity contribution in [3.05, 3.63) is 22.9 Å². The van der Waals surface area contributed by atoms with E-state index in [-0.39, 0.29) is 6.79 Å². The van der Waals surface area contributed by atoms with E-state index in [1.54, 1.807) is 4.31 Å². The smallest absolute Gasteiger partial charge is 0.231 e. The molecule has 0 radical (unpaired) electrons. The lowest BCUT2D eigenvalue weighted by molar-refractivity contribution is 0.174. The van der Waals surface area contributed by atoms with Crippen molar-refractivity contribution in [3.63, 3.8) is 0 Å². The summed E-state index contributed by atoms with van der Waals surface area (Å²) in [5, 5.41) is 0.702. The molecule has 1 fully saturated rings. The highest BCUT2D eigenvalue weighted by Crippen LogP contribution is 2.43. The van der Waals surface area contributed by atoms with Gasteiger partial charge < -0.3 is 19.8 Å². The zero-order valence-electron chi connectivity index (χ0n) is 17.9. The van der Waals surface area contributed by atoms with E-state index in [4.69, 9.17) is 15.2 Å². The number of fused-ring (bicyclic) bond motifs is 2. The van der Waals surface area contributed by atoms with Gasteiger partial charge in [0, 0.05) is 29.0 Å². The molecule has 0 amide bonds. The molecular formula is C20H23BrN6O4S2. The number of hydrogen-bond donors (Lipinski definition) is 1. The monoisotopic (exact) mass is 554 g/mol. The average Bonchev–Trinajstić information content (AvgIpc) is 3.43. The van der Waals surface area contributed by atoms with Crippen LogP contribution in [0.1, 0.15) is 19.3 Å². The average molecular weight is 555 g/mol. The molecule has 0 aliphatic carbocycles. The summed E-state index contributed by atoms with van der Waals surface area (Å²) in [7, 11) is -3.13. The molecular weight excluding hydrogens is 532 g/mol. The highest BCUT2D eigenvalue weighted by Gasteiger charge is 2.27. The van der Waals surface area contributed by atoms with Crippen molar-refractivity contribution in [2.45, 2.75) is 35.9 Å². The molecule has 33 heavy (non-hydrogen) atoms. The van der Waals surface area contributed by atoms with Crippen molar-refractivity contribution in [2.75, 3.05) is 31.9 Å². The number of nitrogen functional groups attached to an aromatic ring is 1. The molecule has 0 atom stereocenters. The first kappa shape index (κ1) is 22.7. The zero-order chi connectivity index (χ0) is 23.2. The molecule has 1 aromatic carbocycles. The summed E-state index contributed by atoms with van der Waals surface area (Å²) >= 11 is 5.07. The number of imidazole rings is 1. The number of nitrogens with two attached hydrogens (primary N) is 1. The lowest BCUT2D eigenvalue weighted by Gasteiger charge is -2.30. The predicted octanol–water partition coefficient (Wildman–Crippen LogP) is 3.06. The number of hydrogen-bond acceptors (Lipinski definition) is 9. The minimum absolute atomic E-state index is 0.203. The normalized spacial score (nSPS) is 17.2. The Morgan fingerprint density at radius 3 is 2.67 bits per heavy atom. The summed E-state index contributed by atoms with van der Waals surface area (Å²) < 4.78 is 39.0. The molecule has 10 nitrogen and oxygen atoms in total. The molecule has 1 aromatic rings. The van der Waals surface area contributed by atoms with Crippen LogP contribution in [0.15, 0.2) is 33.0 Å². The molecule has 13 heteroatoms. The minimum atomic E-state index is -3.13. The van der Waals surface area contributed by atoms with Crippen molar-refractivity contribution in [2.24, 2.45) is 5.92 Å². The van der Waals surface area contributed by atoms with Gasteiger partial charge >= 0.3 is 0 Å². The van der Waals surface area contributed by atoms with E-state index in [0.717, 1.165) is 28.6 Å². The van der Waals surface area contributed by atoms with Crippen molar-refractivity contribution in [3.8, 4) is 23.0 Å². The molecule has 0 unspecified atom stereocenters. The van der Waals surface area contributed by atoms with Gasteiger partial charge in [0.15, 0.2) is 28.3 Å². The van der Waals surface area contributed by atoms with Crippen molar-refractivity contribution < 1.29 is 17.9 Å². The minimum Gasteiger partial charge on any atom is -0.454 e. The fourth-order valence-corrected chi connectivity index (χ4v) is 6.53. The first-order valence-corrected chi connectivity index (χ1v) is 13.9. The molecule has 0 bridgehead atoms. The van der Waals surface area contributed by atoms with E-state index in [1.165, 1.54) is 24.3 Å². The van der Waals surface area contributed by atoms with E-state index < -0.39 is 10.0 Å². The largest absolute Gasteiger partial charge is 0.454 e. The van der Waals surface area contributed by atoms with Crippen LogP contribution in [0.25, 0.3) is 11.5 Å². The summed E-state index contributed by atoms with van der Waals surface area (Å²) in [6.45, 7) is 2.00. The van der Waals surface area contributed by atoms with Crippen LogP contribution in [0.5, 0.6) is 11.5 Å². The maximum absolute atomic E-state index is 11.8. The van der Waals surface area contributed by atoms with Crippen LogP contribution in [0.4, 0.5) is 5.82 Å². The van der Waals surface area contributed by atoms with Gasteiger partial charge in [-0.05, 0) is 53.2 Å². The second kappa shape index (κ2) is 8.93. The lowest BCUT2D eigenvalue weighted by Crippen LogP contribution is -2.37. The van der Waals surface area contributed by atoms with Crippen LogP contribution in [-0.2, 0) is 16.6 Å². The molecule has 0 aromatic heterocycles. The van der Waals surface area contributed by atoms with Gasteiger partial charge in [0.05, 0.1) is 6.26 Å². The van der Waals surface area contributed by atoms with Gasteiger partial charge in [-0.3, -0.25) is 0 Å². The van der Waals surface area contributed by atoms with E-state index in [9.17, 15) is 8.42 Å². The van der Waals surface area contributed by atoms with E-state index in [0.29, 0.717) is 59.5 Å². The van der Waals surface area contributed by atoms with Crippen LogP contribution < -0.4 is 15.2 Å². The van der Waals surface area contributed by atoms with Gasteiger partial charge in [0.25, 0.3) is 0 Å². The number of anilines is 1. The Kier molecular flexibility index (Phi) is 6.14. The molecule has 0 spiro atoms. The Balaban J connectivity index is 1.39. The molecule has 176 valence electrons. The molecule has 4 heterocycles. The molecule has 0 saturated carbocycles. The summed E-state index contributed by atoms with van der Waals surface area (Å²) in [6.07, 6.45) is 5.32. The number of rotatable bonds is 6. The standard InChI is InChI=1S/C20H23BrN6O4S2/c1-33(28,29)26-5-2-12(3-6-26)4-7-27-19-17(23-10-24-19)18(22)25-20(27)32-16-9-15-14(8-13(16)21)30-11-31-15/h8-10,12H,2-7,11,22H2,1H3. The fraction of sp³-hybridized carbons (Fsp3) is 0.450. The van der Waals surface area contributed by atoms with Crippen molar-refractivity contribution in [1.82, 2.24) is 23.8 Å². The third-order valence-electron chi connectivity index (χ3n) is 5.96. The van der Waals surface area contributed by atoms with Crippen LogP contribution in [0, 0.1) is 5.92 Å². The fourth-order valence-electron chi connectivity index (χ4n) is 4.14. The number of benzene rings is 1. The van der Waals surface area contributed by atoms with Crippen LogP contribution in [0.3, 0.4) is 0 Å². The Morgan fingerprint density at radius 1 is 1.21 bits per heavy atom. The molecule has 2 N–H and O–H groups in total. The Labute approximate surface area is 204 Å². The quantitative estimate of drug-likeness (QED) is 0.457. The summed E-state index contributed by atoms with van der Waals surface area (Å²) in [6, 6.07) is 3.80. The molecule has 1 saturated heterocycles. The van der Waals surface area contributed by atoms with Gasteiger partial charge in [0.2, 0.25) is 16.8 Å². The predicted molar refractivity (Wildman–Crippen MR) is 127 cm³/mol. The topological polar surface area (TPSA) is 125 Å². The Bertz CT molecular complexity index is 1260. The van der Waals surface area contributed by atoms with E-state index in [1.807, 2.05) is 16.7 Å². The number of aromatic nitrogens is 4. The first-order chi connectivity index (χ1) is 15.8. The Hall–Kier alpha value is -2.09. The Morgan fingerprint density at radius 2 is 1.94 bits per heavy atom. The van der Waals surface area contributed by atoms with Gasteiger partial charge in [-0.25, -0.2) is 27.7 Å². The molecule has 4 aliphatic rings. The first-order valence-electron chi connectivity index (χ1n) is 10.5. The molecule has 4 aliphatic heterocycles. The summed E-state index contributed by atoms with van der Waals surface area (Å²) in [5.74, 6) is 2.83. The maximum atomic E-state index is 11.8. The van der Waals surface area contributed by atoms with E-state index in [2.05, 4.69) is 30.9 Å². The third-order valence-corrected chi connectivity index (χ3v) is 9.23. The van der Waals surface area contributed by atoms with Gasteiger partial charge in [-0.1, -0.05) is 11.8 Å². The van der Waals surface area contributed by atoms with Crippen LogP contribution in [-0.4, -0.2) is 58.4 Å². The number of ether oxygens (including phenoxy) is 2. The SMILES string of the molecule is CS(=O)(=O)N1CCC(CCn2c(Sc3cc4c(cc3Br)OCO4)nc(N)c3ncnc2-3)CC1. The van der Waals surface area contributed by atoms with Gasteiger partial charge in [-0.15, -0.1) is 0 Å². The number of halogens is 1. The zero-order valence-corrected chi connectivity index (χ0v) is 21.1. The highest BCUT2D eigenvalue weighted by atomic mass is 79.9. The number of piperidine rings is 1. The van der Waals surface area contributed by atoms with Gasteiger partial charge in [0.1, 0.15) is 12.0 Å². The molecule has 5 rings (SSSR count).